The van der Waals surface area contributed by atoms with Crippen molar-refractivity contribution in [3.05, 3.63) is 34.1 Å². The van der Waals surface area contributed by atoms with E-state index in [0.29, 0.717) is 10.0 Å². The summed E-state index contributed by atoms with van der Waals surface area (Å²) < 4.78 is 13.7. The highest BCUT2D eigenvalue weighted by Crippen LogP contribution is 2.25. The molecule has 1 amide bonds. The lowest BCUT2D eigenvalue weighted by Crippen LogP contribution is -2.38. The molecule has 0 aromatic heterocycles. The number of carbonyl (C=O) groups is 1. The Morgan fingerprint density at radius 2 is 2.24 bits per heavy atom. The fourth-order valence-electron chi connectivity index (χ4n) is 2.00. The first-order valence-electron chi connectivity index (χ1n) is 5.48. The van der Waals surface area contributed by atoms with Gasteiger partial charge in [0.1, 0.15) is 5.82 Å². The molecule has 0 aliphatic heterocycles. The Kier molecular flexibility index (Phi) is 4.05. The van der Waals surface area contributed by atoms with Crippen LogP contribution in [0.4, 0.5) is 4.39 Å². The molecule has 2 rings (SSSR count). The summed E-state index contributed by atoms with van der Waals surface area (Å²) in [5.74, 6) is -0.707. The summed E-state index contributed by atoms with van der Waals surface area (Å²) >= 11 is 9.32. The van der Waals surface area contributed by atoms with Crippen LogP contribution >= 0.6 is 27.5 Å². The molecular weight excluding hydrogens is 308 g/mol. The number of rotatable bonds is 2. The Bertz CT molecular complexity index is 441. The van der Waals surface area contributed by atoms with E-state index in [1.165, 1.54) is 18.2 Å². The molecule has 1 aromatic rings. The van der Waals surface area contributed by atoms with Crippen molar-refractivity contribution in [2.45, 2.75) is 30.7 Å². The Morgan fingerprint density at radius 3 is 2.88 bits per heavy atom. The van der Waals surface area contributed by atoms with Crippen molar-refractivity contribution in [2.75, 3.05) is 0 Å². The predicted octanol–water partition coefficient (Wildman–Crippen LogP) is 3.48. The van der Waals surface area contributed by atoms with Crippen LogP contribution in [0.2, 0.25) is 0 Å². The van der Waals surface area contributed by atoms with Crippen LogP contribution in [0.1, 0.15) is 29.6 Å². The van der Waals surface area contributed by atoms with Crippen molar-refractivity contribution in [1.29, 1.82) is 0 Å². The van der Waals surface area contributed by atoms with Crippen molar-refractivity contribution in [3.8, 4) is 0 Å². The largest absolute Gasteiger partial charge is 0.348 e. The van der Waals surface area contributed by atoms with E-state index in [1.54, 1.807) is 0 Å². The number of amides is 1. The fraction of sp³-hybridized carbons (Fsp3) is 0.417. The van der Waals surface area contributed by atoms with Gasteiger partial charge in [0.2, 0.25) is 0 Å². The van der Waals surface area contributed by atoms with Crippen molar-refractivity contribution in [2.24, 2.45) is 0 Å². The number of carbonyl (C=O) groups excluding carboxylic acids is 1. The fourth-order valence-corrected chi connectivity index (χ4v) is 2.76. The Morgan fingerprint density at radius 1 is 1.47 bits per heavy atom. The highest BCUT2D eigenvalue weighted by atomic mass is 79.9. The zero-order valence-electron chi connectivity index (χ0n) is 9.05. The molecule has 1 N–H and O–H groups in total. The third-order valence-electron chi connectivity index (χ3n) is 2.92. The molecule has 2 unspecified atom stereocenters. The Labute approximate surface area is 113 Å². The molecule has 0 heterocycles. The maximum Gasteiger partial charge on any atom is 0.252 e. The molecule has 1 saturated carbocycles. The van der Waals surface area contributed by atoms with Gasteiger partial charge in [0.25, 0.3) is 5.91 Å². The van der Waals surface area contributed by atoms with E-state index in [0.717, 1.165) is 19.3 Å². The Balaban J connectivity index is 2.11. The molecule has 2 nitrogen and oxygen atoms in total. The second-order valence-electron chi connectivity index (χ2n) is 4.15. The number of halogens is 3. The van der Waals surface area contributed by atoms with E-state index < -0.39 is 5.82 Å². The van der Waals surface area contributed by atoms with Gasteiger partial charge in [0.15, 0.2) is 0 Å². The summed E-state index contributed by atoms with van der Waals surface area (Å²) in [6.07, 6.45) is 2.81. The number of alkyl halides is 1. The number of benzene rings is 1. The van der Waals surface area contributed by atoms with Crippen molar-refractivity contribution >= 4 is 33.4 Å². The highest BCUT2D eigenvalue weighted by Gasteiger charge is 2.27. The van der Waals surface area contributed by atoms with Crippen LogP contribution in [0.15, 0.2) is 22.7 Å². The van der Waals surface area contributed by atoms with Crippen molar-refractivity contribution in [3.63, 3.8) is 0 Å². The minimum atomic E-state index is -0.424. The van der Waals surface area contributed by atoms with Gasteiger partial charge in [0.05, 0.1) is 10.9 Å². The van der Waals surface area contributed by atoms with Crippen LogP contribution in [0.5, 0.6) is 0 Å². The smallest absolute Gasteiger partial charge is 0.252 e. The summed E-state index contributed by atoms with van der Waals surface area (Å²) in [7, 11) is 0. The molecule has 17 heavy (non-hydrogen) atoms. The molecule has 0 radical (unpaired) electrons. The van der Waals surface area contributed by atoms with E-state index in [1.807, 2.05) is 0 Å². The lowest BCUT2D eigenvalue weighted by molar-refractivity contribution is 0.0937. The van der Waals surface area contributed by atoms with Gasteiger partial charge in [-0.3, -0.25) is 4.79 Å². The van der Waals surface area contributed by atoms with Crippen molar-refractivity contribution < 1.29 is 9.18 Å². The van der Waals surface area contributed by atoms with Gasteiger partial charge in [-0.1, -0.05) is 0 Å². The normalized spacial score (nSPS) is 23.7. The second kappa shape index (κ2) is 5.36. The molecule has 0 spiro atoms. The minimum Gasteiger partial charge on any atom is -0.348 e. The van der Waals surface area contributed by atoms with Gasteiger partial charge in [-0.15, -0.1) is 11.6 Å². The lowest BCUT2D eigenvalue weighted by Gasteiger charge is -2.16. The van der Waals surface area contributed by atoms with Crippen LogP contribution in [-0.4, -0.2) is 17.3 Å². The van der Waals surface area contributed by atoms with Gasteiger partial charge in [-0.2, -0.15) is 0 Å². The molecule has 1 aliphatic carbocycles. The zero-order chi connectivity index (χ0) is 12.4. The van der Waals surface area contributed by atoms with Crippen LogP contribution < -0.4 is 5.32 Å². The summed E-state index contributed by atoms with van der Waals surface area (Å²) in [4.78, 5) is 12.0. The van der Waals surface area contributed by atoms with Gasteiger partial charge in [-0.25, -0.2) is 4.39 Å². The van der Waals surface area contributed by atoms with Gasteiger partial charge in [-0.05, 0) is 53.4 Å². The summed E-state index contributed by atoms with van der Waals surface area (Å²) in [6.45, 7) is 0. The number of hydrogen-bond acceptors (Lipinski definition) is 1. The van der Waals surface area contributed by atoms with E-state index in [2.05, 4.69) is 21.2 Å². The first kappa shape index (κ1) is 12.8. The van der Waals surface area contributed by atoms with E-state index >= 15 is 0 Å². The molecule has 5 heteroatoms. The summed E-state index contributed by atoms with van der Waals surface area (Å²) in [6, 6.07) is 4.04. The van der Waals surface area contributed by atoms with Crippen LogP contribution in [-0.2, 0) is 0 Å². The Hall–Kier alpha value is -0.610. The van der Waals surface area contributed by atoms with Gasteiger partial charge < -0.3 is 5.32 Å². The number of hydrogen-bond donors (Lipinski definition) is 1. The highest BCUT2D eigenvalue weighted by molar-refractivity contribution is 9.10. The summed E-state index contributed by atoms with van der Waals surface area (Å²) in [5, 5.41) is 2.82. The molecule has 1 fully saturated rings. The van der Waals surface area contributed by atoms with E-state index in [-0.39, 0.29) is 17.3 Å². The quantitative estimate of drug-likeness (QED) is 0.831. The zero-order valence-corrected chi connectivity index (χ0v) is 11.4. The van der Waals surface area contributed by atoms with Gasteiger partial charge >= 0.3 is 0 Å². The first-order valence-corrected chi connectivity index (χ1v) is 6.71. The SMILES string of the molecule is O=C(NC1CCCC1Cl)c1cc(F)ccc1Br. The molecule has 92 valence electrons. The van der Waals surface area contributed by atoms with E-state index in [4.69, 9.17) is 11.6 Å². The molecule has 1 aromatic carbocycles. The lowest BCUT2D eigenvalue weighted by atomic mass is 10.1. The van der Waals surface area contributed by atoms with E-state index in [9.17, 15) is 9.18 Å². The number of nitrogens with one attached hydrogen (secondary N) is 1. The first-order chi connectivity index (χ1) is 8.08. The van der Waals surface area contributed by atoms with Crippen LogP contribution in [0.3, 0.4) is 0 Å². The molecule has 1 aliphatic rings. The summed E-state index contributed by atoms with van der Waals surface area (Å²) in [5.41, 5.74) is 0.306. The third kappa shape index (κ3) is 2.99. The molecule has 0 saturated heterocycles. The topological polar surface area (TPSA) is 29.1 Å². The third-order valence-corrected chi connectivity index (χ3v) is 4.14. The van der Waals surface area contributed by atoms with Crippen LogP contribution in [0, 0.1) is 5.82 Å². The van der Waals surface area contributed by atoms with Crippen LogP contribution in [0.25, 0.3) is 0 Å². The monoisotopic (exact) mass is 319 g/mol. The molecular formula is C12H12BrClFNO. The average Bonchev–Trinajstić information content (AvgIpc) is 2.68. The molecule has 0 bridgehead atoms. The molecule has 2 atom stereocenters. The van der Waals surface area contributed by atoms with Crippen molar-refractivity contribution in [1.82, 2.24) is 5.32 Å². The minimum absolute atomic E-state index is 0.0145. The predicted molar refractivity (Wildman–Crippen MR) is 68.8 cm³/mol. The maximum atomic E-state index is 13.1. The maximum absolute atomic E-state index is 13.1. The second-order valence-corrected chi connectivity index (χ2v) is 5.57. The average molecular weight is 321 g/mol. The standard InChI is InChI=1S/C12H12BrClFNO/c13-9-5-4-7(15)6-8(9)12(17)16-11-3-1-2-10(11)14/h4-6,10-11H,1-3H2,(H,16,17). The van der Waals surface area contributed by atoms with Gasteiger partial charge in [0, 0.05) is 10.5 Å².